The molecule has 1 unspecified atom stereocenters. The Bertz CT molecular complexity index is 439. The smallest absolute Gasteiger partial charge is 0.226 e. The van der Waals surface area contributed by atoms with Gasteiger partial charge in [0.05, 0.1) is 29.3 Å². The molecule has 1 aromatic rings. The van der Waals surface area contributed by atoms with Gasteiger partial charge in [-0.15, -0.1) is 23.7 Å². The van der Waals surface area contributed by atoms with Gasteiger partial charge in [0.25, 0.3) is 0 Å². The van der Waals surface area contributed by atoms with Gasteiger partial charge in [0, 0.05) is 25.1 Å². The number of nitrogens with zero attached hydrogens (tertiary/aromatic N) is 1. The lowest BCUT2D eigenvalue weighted by Crippen LogP contribution is -2.44. The number of halogens is 1. The molecule has 0 spiro atoms. The minimum absolute atomic E-state index is 0. The van der Waals surface area contributed by atoms with Gasteiger partial charge < -0.3 is 15.4 Å². The number of ether oxygens (including phenoxy) is 1. The van der Waals surface area contributed by atoms with E-state index in [2.05, 4.69) is 15.6 Å². The maximum Gasteiger partial charge on any atom is 0.226 e. The molecule has 19 heavy (non-hydrogen) atoms. The minimum atomic E-state index is 0. The molecule has 0 radical (unpaired) electrons. The average Bonchev–Trinajstić information content (AvgIpc) is 2.86. The summed E-state index contributed by atoms with van der Waals surface area (Å²) in [6.07, 6.45) is 0.413. The van der Waals surface area contributed by atoms with Gasteiger partial charge in [-0.1, -0.05) is 0 Å². The van der Waals surface area contributed by atoms with Crippen LogP contribution in [0.25, 0.3) is 0 Å². The molecule has 2 heterocycles. The molecule has 7 heteroatoms. The lowest BCUT2D eigenvalue weighted by Gasteiger charge is -2.18. The van der Waals surface area contributed by atoms with Gasteiger partial charge in [-0.25, -0.2) is 4.98 Å². The number of carbonyl (C=O) groups is 1. The molecule has 2 N–H and O–H groups in total. The van der Waals surface area contributed by atoms with Crippen LogP contribution in [0.5, 0.6) is 0 Å². The Hall–Kier alpha value is -0.690. The summed E-state index contributed by atoms with van der Waals surface area (Å²) in [5.74, 6) is 0.0131. The fourth-order valence-electron chi connectivity index (χ4n) is 2.19. The van der Waals surface area contributed by atoms with E-state index < -0.39 is 0 Å². The monoisotopic (exact) mass is 305 g/mol. The first-order chi connectivity index (χ1) is 8.60. The normalized spacial score (nSPS) is 22.1. The molecule has 5 nitrogen and oxygen atoms in total. The number of aryl methyl sites for hydroxylation is 2. The molecule has 1 amide bonds. The van der Waals surface area contributed by atoms with E-state index in [1.165, 1.54) is 0 Å². The molecule has 2 rings (SSSR count). The molecule has 1 aliphatic rings. The van der Waals surface area contributed by atoms with E-state index in [0.29, 0.717) is 6.42 Å². The zero-order chi connectivity index (χ0) is 13.1. The second kappa shape index (κ2) is 7.19. The lowest BCUT2D eigenvalue weighted by atomic mass is 10.2. The van der Waals surface area contributed by atoms with E-state index in [0.717, 1.165) is 28.7 Å². The molecule has 1 aromatic heterocycles. The van der Waals surface area contributed by atoms with Crippen molar-refractivity contribution < 1.29 is 9.53 Å². The Morgan fingerprint density at radius 2 is 2.26 bits per heavy atom. The second-order valence-corrected chi connectivity index (χ2v) is 5.93. The number of hydrogen-bond donors (Lipinski definition) is 2. The number of amides is 1. The highest BCUT2D eigenvalue weighted by Gasteiger charge is 2.28. The molecule has 0 bridgehead atoms. The number of thiazole rings is 1. The van der Waals surface area contributed by atoms with Crippen molar-refractivity contribution in [1.29, 1.82) is 0 Å². The van der Waals surface area contributed by atoms with Crippen LogP contribution < -0.4 is 10.6 Å². The van der Waals surface area contributed by atoms with Gasteiger partial charge in [0.2, 0.25) is 5.91 Å². The summed E-state index contributed by atoms with van der Waals surface area (Å²) < 4.78 is 5.31. The van der Waals surface area contributed by atoms with Crippen LogP contribution in [0.1, 0.15) is 15.6 Å². The van der Waals surface area contributed by atoms with Gasteiger partial charge in [-0.3, -0.25) is 4.79 Å². The SMILES string of the molecule is CO[C@H]1CNCC1NC(=O)Cc1nc(C)sc1C.Cl. The molecular formula is C12H20ClN3O2S. The van der Waals surface area contributed by atoms with Crippen molar-refractivity contribution >= 4 is 29.7 Å². The van der Waals surface area contributed by atoms with Crippen LogP contribution >= 0.6 is 23.7 Å². The van der Waals surface area contributed by atoms with Crippen LogP contribution in [0.2, 0.25) is 0 Å². The van der Waals surface area contributed by atoms with Gasteiger partial charge in [0.1, 0.15) is 0 Å². The van der Waals surface area contributed by atoms with Gasteiger partial charge in [-0.2, -0.15) is 0 Å². The first-order valence-electron chi connectivity index (χ1n) is 6.06. The summed E-state index contributed by atoms with van der Waals surface area (Å²) in [4.78, 5) is 17.5. The molecule has 0 saturated carbocycles. The lowest BCUT2D eigenvalue weighted by molar-refractivity contribution is -0.121. The summed E-state index contributed by atoms with van der Waals surface area (Å²) in [6, 6.07) is 0.0579. The Kier molecular flexibility index (Phi) is 6.19. The van der Waals surface area contributed by atoms with Crippen LogP contribution in [-0.2, 0) is 16.0 Å². The molecule has 1 saturated heterocycles. The number of carbonyl (C=O) groups excluding carboxylic acids is 1. The van der Waals surface area contributed by atoms with Crippen LogP contribution in [0, 0.1) is 13.8 Å². The number of nitrogens with one attached hydrogen (secondary N) is 2. The van der Waals surface area contributed by atoms with Crippen LogP contribution in [0.15, 0.2) is 0 Å². The van der Waals surface area contributed by atoms with Gasteiger partial charge in [-0.05, 0) is 13.8 Å². The summed E-state index contributed by atoms with van der Waals surface area (Å²) in [5, 5.41) is 7.21. The summed E-state index contributed by atoms with van der Waals surface area (Å²) in [7, 11) is 1.67. The third kappa shape index (κ3) is 4.14. The van der Waals surface area contributed by atoms with Crippen molar-refractivity contribution in [2.45, 2.75) is 32.4 Å². The fourth-order valence-corrected chi connectivity index (χ4v) is 3.03. The quantitative estimate of drug-likeness (QED) is 0.865. The van der Waals surface area contributed by atoms with E-state index >= 15 is 0 Å². The van der Waals surface area contributed by atoms with Crippen molar-refractivity contribution in [3.63, 3.8) is 0 Å². The Morgan fingerprint density at radius 3 is 2.84 bits per heavy atom. The standard InChI is InChI=1S/C12H19N3O2S.ClH/c1-7-9(14-8(2)18-7)4-12(16)15-10-5-13-6-11(10)17-3;/h10-11,13H,4-6H2,1-3H3,(H,15,16);1H/t10?,11-;/m0./s1. The zero-order valence-electron chi connectivity index (χ0n) is 11.4. The largest absolute Gasteiger partial charge is 0.378 e. The van der Waals surface area contributed by atoms with E-state index in [4.69, 9.17) is 4.74 Å². The Labute approximate surface area is 123 Å². The predicted octanol–water partition coefficient (Wildman–Crippen LogP) is 0.827. The number of aromatic nitrogens is 1. The fraction of sp³-hybridized carbons (Fsp3) is 0.667. The average molecular weight is 306 g/mol. The summed E-state index contributed by atoms with van der Waals surface area (Å²) in [5.41, 5.74) is 0.884. The zero-order valence-corrected chi connectivity index (χ0v) is 13.0. The summed E-state index contributed by atoms with van der Waals surface area (Å²) >= 11 is 1.63. The van der Waals surface area contributed by atoms with E-state index in [1.54, 1.807) is 18.4 Å². The highest BCUT2D eigenvalue weighted by atomic mass is 35.5. The third-order valence-corrected chi connectivity index (χ3v) is 4.06. The predicted molar refractivity (Wildman–Crippen MR) is 78.1 cm³/mol. The van der Waals surface area contributed by atoms with E-state index in [9.17, 15) is 4.79 Å². The second-order valence-electron chi connectivity index (χ2n) is 4.52. The van der Waals surface area contributed by atoms with Crippen LogP contribution in [0.4, 0.5) is 0 Å². The van der Waals surface area contributed by atoms with Crippen molar-refractivity contribution in [1.82, 2.24) is 15.6 Å². The molecule has 2 atom stereocenters. The maximum absolute atomic E-state index is 12.0. The van der Waals surface area contributed by atoms with E-state index in [-0.39, 0.29) is 30.5 Å². The van der Waals surface area contributed by atoms with Crippen LogP contribution in [-0.4, -0.2) is 43.2 Å². The van der Waals surface area contributed by atoms with Crippen molar-refractivity contribution in [2.75, 3.05) is 20.2 Å². The molecular weight excluding hydrogens is 286 g/mol. The molecule has 1 aliphatic heterocycles. The number of hydrogen-bond acceptors (Lipinski definition) is 5. The first-order valence-corrected chi connectivity index (χ1v) is 6.87. The molecule has 108 valence electrons. The van der Waals surface area contributed by atoms with Crippen molar-refractivity contribution in [3.8, 4) is 0 Å². The molecule has 0 aromatic carbocycles. The first kappa shape index (κ1) is 16.4. The topological polar surface area (TPSA) is 63.2 Å². The Balaban J connectivity index is 0.00000180. The third-order valence-electron chi connectivity index (χ3n) is 3.14. The van der Waals surface area contributed by atoms with E-state index in [1.807, 2.05) is 13.8 Å². The van der Waals surface area contributed by atoms with Gasteiger partial charge in [0.15, 0.2) is 0 Å². The number of methoxy groups -OCH3 is 1. The summed E-state index contributed by atoms with van der Waals surface area (Å²) in [6.45, 7) is 5.51. The van der Waals surface area contributed by atoms with Crippen molar-refractivity contribution in [2.24, 2.45) is 0 Å². The van der Waals surface area contributed by atoms with Crippen LogP contribution in [0.3, 0.4) is 0 Å². The van der Waals surface area contributed by atoms with Crippen molar-refractivity contribution in [3.05, 3.63) is 15.6 Å². The molecule has 0 aliphatic carbocycles. The number of rotatable bonds is 4. The highest BCUT2D eigenvalue weighted by molar-refractivity contribution is 7.11. The highest BCUT2D eigenvalue weighted by Crippen LogP contribution is 2.16. The minimum Gasteiger partial charge on any atom is -0.378 e. The maximum atomic E-state index is 12.0. The van der Waals surface area contributed by atoms with Gasteiger partial charge >= 0.3 is 0 Å². The molecule has 1 fully saturated rings. The Morgan fingerprint density at radius 1 is 1.53 bits per heavy atom.